The molecule has 9 heteroatoms. The molecule has 0 amide bonds. The number of carboxylic acid groups (broad SMARTS) is 1. The first-order valence-corrected chi connectivity index (χ1v) is 12.0. The van der Waals surface area contributed by atoms with Crippen LogP contribution in [0.4, 0.5) is 17.6 Å². The van der Waals surface area contributed by atoms with Crippen LogP contribution in [0.1, 0.15) is 23.6 Å². The number of rotatable bonds is 7. The molecule has 1 saturated heterocycles. The quantitative estimate of drug-likeness (QED) is 0.367. The second-order valence-electron chi connectivity index (χ2n) is 9.95. The Balaban J connectivity index is 1.29. The van der Waals surface area contributed by atoms with Crippen LogP contribution >= 0.6 is 0 Å². The van der Waals surface area contributed by atoms with E-state index in [2.05, 4.69) is 0 Å². The Morgan fingerprint density at radius 3 is 2.53 bits per heavy atom. The summed E-state index contributed by atoms with van der Waals surface area (Å²) in [6.45, 7) is 3.01. The average Bonchev–Trinajstić information content (AvgIpc) is 2.86. The molecule has 2 aliphatic rings. The van der Waals surface area contributed by atoms with Gasteiger partial charge in [-0.05, 0) is 41.3 Å². The van der Waals surface area contributed by atoms with E-state index in [1.54, 1.807) is 49.4 Å². The van der Waals surface area contributed by atoms with Gasteiger partial charge in [0.15, 0.2) is 0 Å². The van der Waals surface area contributed by atoms with Crippen LogP contribution in [0.5, 0.6) is 11.5 Å². The van der Waals surface area contributed by atoms with Crippen LogP contribution in [-0.2, 0) is 17.6 Å². The number of likely N-dealkylation sites (tertiary alicyclic amines) is 1. The fourth-order valence-electron chi connectivity index (χ4n) is 4.85. The highest BCUT2D eigenvalue weighted by Crippen LogP contribution is 2.39. The molecule has 0 saturated carbocycles. The van der Waals surface area contributed by atoms with Crippen molar-refractivity contribution in [3.8, 4) is 22.6 Å². The molecule has 0 unspecified atom stereocenters. The van der Waals surface area contributed by atoms with E-state index in [4.69, 9.17) is 9.47 Å². The fourth-order valence-corrected chi connectivity index (χ4v) is 4.85. The van der Waals surface area contributed by atoms with Crippen molar-refractivity contribution in [1.29, 1.82) is 0 Å². The van der Waals surface area contributed by atoms with Crippen molar-refractivity contribution in [3.63, 3.8) is 0 Å². The highest BCUT2D eigenvalue weighted by Gasteiger charge is 2.45. The van der Waals surface area contributed by atoms with Crippen molar-refractivity contribution < 1.29 is 36.9 Å². The number of ether oxygens (including phenoxy) is 2. The Bertz CT molecular complexity index is 1400. The molecule has 198 valence electrons. The third-order valence-corrected chi connectivity index (χ3v) is 6.79. The first-order valence-electron chi connectivity index (χ1n) is 12.0. The van der Waals surface area contributed by atoms with Crippen molar-refractivity contribution in [3.05, 3.63) is 88.7 Å². The zero-order valence-corrected chi connectivity index (χ0v) is 20.5. The molecule has 0 spiro atoms. The number of benzene rings is 3. The summed E-state index contributed by atoms with van der Waals surface area (Å²) in [7, 11) is 0. The van der Waals surface area contributed by atoms with Gasteiger partial charge in [0.2, 0.25) is 0 Å². The molecule has 5 rings (SSSR count). The Morgan fingerprint density at radius 1 is 1.11 bits per heavy atom. The average molecular weight is 528 g/mol. The summed E-state index contributed by atoms with van der Waals surface area (Å²) in [5, 5.41) is 9.26. The maximum absolute atomic E-state index is 14.9. The molecule has 3 aromatic rings. The van der Waals surface area contributed by atoms with Crippen LogP contribution in [0.25, 0.3) is 17.2 Å². The van der Waals surface area contributed by atoms with Crippen molar-refractivity contribution >= 4 is 12.0 Å². The lowest BCUT2D eigenvalue weighted by Crippen LogP contribution is -2.59. The van der Waals surface area contributed by atoms with E-state index in [1.807, 2.05) is 4.90 Å². The molecule has 0 atom stereocenters. The summed E-state index contributed by atoms with van der Waals surface area (Å²) < 4.78 is 67.6. The SMILES string of the molecule is CC1(C(=O)O)CN(CC2=Cc3c(F)cc(OCc4ccc(-c5ccccc5)c(C(F)(F)F)c4)cc3OC2)C1. The van der Waals surface area contributed by atoms with Gasteiger partial charge in [-0.15, -0.1) is 0 Å². The number of hydrogen-bond donors (Lipinski definition) is 1. The molecule has 38 heavy (non-hydrogen) atoms. The van der Waals surface area contributed by atoms with Gasteiger partial charge < -0.3 is 14.6 Å². The summed E-state index contributed by atoms with van der Waals surface area (Å²) in [5.74, 6) is -1.01. The second-order valence-corrected chi connectivity index (χ2v) is 9.95. The van der Waals surface area contributed by atoms with Gasteiger partial charge in [-0.2, -0.15) is 13.2 Å². The molecule has 0 radical (unpaired) electrons. The highest BCUT2D eigenvalue weighted by molar-refractivity contribution is 5.76. The Kier molecular flexibility index (Phi) is 6.65. The molecule has 0 aromatic heterocycles. The van der Waals surface area contributed by atoms with E-state index >= 15 is 0 Å². The molecule has 0 bridgehead atoms. The molecular formula is C29H25F4NO4. The monoisotopic (exact) mass is 527 g/mol. The highest BCUT2D eigenvalue weighted by atomic mass is 19.4. The zero-order chi connectivity index (χ0) is 27.1. The largest absolute Gasteiger partial charge is 0.489 e. The minimum Gasteiger partial charge on any atom is -0.489 e. The second kappa shape index (κ2) is 9.79. The van der Waals surface area contributed by atoms with Crippen molar-refractivity contribution in [2.75, 3.05) is 26.2 Å². The minimum absolute atomic E-state index is 0.0727. The maximum Gasteiger partial charge on any atom is 0.417 e. The number of fused-ring (bicyclic) bond motifs is 1. The third-order valence-electron chi connectivity index (χ3n) is 6.79. The first kappa shape index (κ1) is 25.8. The summed E-state index contributed by atoms with van der Waals surface area (Å²) in [6.07, 6.45) is -2.87. The normalized spacial score (nSPS) is 16.6. The van der Waals surface area contributed by atoms with Gasteiger partial charge >= 0.3 is 12.1 Å². The predicted molar refractivity (Wildman–Crippen MR) is 133 cm³/mol. The third kappa shape index (κ3) is 5.24. The van der Waals surface area contributed by atoms with Gasteiger partial charge in [0.1, 0.15) is 30.5 Å². The minimum atomic E-state index is -4.56. The zero-order valence-electron chi connectivity index (χ0n) is 20.5. The first-order chi connectivity index (χ1) is 18.0. The number of halogens is 4. The number of nitrogens with zero attached hydrogens (tertiary/aromatic N) is 1. The van der Waals surface area contributed by atoms with Gasteiger partial charge in [0, 0.05) is 31.8 Å². The molecule has 2 heterocycles. The van der Waals surface area contributed by atoms with E-state index in [-0.39, 0.29) is 35.8 Å². The topological polar surface area (TPSA) is 59.0 Å². The Labute approximate surface area is 216 Å². The van der Waals surface area contributed by atoms with Crippen LogP contribution in [0.15, 0.2) is 66.2 Å². The molecule has 1 N–H and O–H groups in total. The fraction of sp³-hybridized carbons (Fsp3) is 0.276. The summed E-state index contributed by atoms with van der Waals surface area (Å²) in [4.78, 5) is 13.2. The van der Waals surface area contributed by atoms with Crippen molar-refractivity contribution in [2.45, 2.75) is 19.7 Å². The van der Waals surface area contributed by atoms with Crippen LogP contribution in [0.2, 0.25) is 0 Å². The molecular weight excluding hydrogens is 502 g/mol. The number of carboxylic acids is 1. The lowest BCUT2D eigenvalue weighted by atomic mass is 9.82. The number of hydrogen-bond acceptors (Lipinski definition) is 4. The summed E-state index contributed by atoms with van der Waals surface area (Å²) in [5.41, 5.74) is 0.354. The molecule has 1 fully saturated rings. The van der Waals surface area contributed by atoms with Crippen LogP contribution in [0, 0.1) is 11.2 Å². The lowest BCUT2D eigenvalue weighted by molar-refractivity contribution is -0.158. The van der Waals surface area contributed by atoms with Gasteiger partial charge in [0.05, 0.1) is 16.5 Å². The molecule has 2 aliphatic heterocycles. The molecule has 3 aromatic carbocycles. The van der Waals surface area contributed by atoms with Crippen molar-refractivity contribution in [2.24, 2.45) is 5.41 Å². The smallest absolute Gasteiger partial charge is 0.417 e. The van der Waals surface area contributed by atoms with E-state index in [0.717, 1.165) is 11.6 Å². The number of aliphatic carboxylic acids is 1. The van der Waals surface area contributed by atoms with Crippen molar-refractivity contribution in [1.82, 2.24) is 4.90 Å². The molecule has 5 nitrogen and oxygen atoms in total. The van der Waals surface area contributed by atoms with E-state index in [0.29, 0.717) is 30.8 Å². The number of carbonyl (C=O) groups is 1. The van der Waals surface area contributed by atoms with Crippen LogP contribution in [0.3, 0.4) is 0 Å². The van der Waals surface area contributed by atoms with Gasteiger partial charge in [-0.1, -0.05) is 42.5 Å². The van der Waals surface area contributed by atoms with Crippen LogP contribution in [-0.4, -0.2) is 42.2 Å². The maximum atomic E-state index is 14.9. The van der Waals surface area contributed by atoms with E-state index in [9.17, 15) is 27.5 Å². The molecule has 0 aliphatic carbocycles. The van der Waals surface area contributed by atoms with E-state index < -0.39 is 28.9 Å². The number of alkyl halides is 3. The Morgan fingerprint density at radius 2 is 1.84 bits per heavy atom. The summed E-state index contributed by atoms with van der Waals surface area (Å²) >= 11 is 0. The summed E-state index contributed by atoms with van der Waals surface area (Å²) in [6, 6.07) is 15.0. The van der Waals surface area contributed by atoms with Gasteiger partial charge in [-0.3, -0.25) is 9.69 Å². The van der Waals surface area contributed by atoms with Gasteiger partial charge in [-0.25, -0.2) is 4.39 Å². The van der Waals surface area contributed by atoms with Crippen LogP contribution < -0.4 is 9.47 Å². The standard InChI is InChI=1S/C29H25F4NO4/c1-28(27(35)36)16-34(17-28)13-19-9-23-25(30)11-21(12-26(23)38-15-19)37-14-18-7-8-22(20-5-3-2-4-6-20)24(10-18)29(31,32)33/h2-12H,13-17H2,1H3,(H,35,36). The Hall–Kier alpha value is -3.85. The van der Waals surface area contributed by atoms with E-state index in [1.165, 1.54) is 18.2 Å². The predicted octanol–water partition coefficient (Wildman–Crippen LogP) is 6.27. The van der Waals surface area contributed by atoms with Gasteiger partial charge in [0.25, 0.3) is 0 Å². The lowest BCUT2D eigenvalue weighted by Gasteiger charge is -2.45.